The van der Waals surface area contributed by atoms with E-state index < -0.39 is 5.97 Å². The van der Waals surface area contributed by atoms with Crippen molar-refractivity contribution < 1.29 is 19.1 Å². The third kappa shape index (κ3) is 3.15. The van der Waals surface area contributed by atoms with Gasteiger partial charge in [0.2, 0.25) is 0 Å². The van der Waals surface area contributed by atoms with E-state index in [4.69, 9.17) is 16.3 Å². The topological polar surface area (TPSA) is 60.4 Å². The number of Topliss-reactive ketones (excluding diaryl/α,β-unsaturated/α-hetero) is 1. The molecule has 0 saturated carbocycles. The number of esters is 1. The van der Waals surface area contributed by atoms with Crippen molar-refractivity contribution in [3.05, 3.63) is 94.0 Å². The van der Waals surface area contributed by atoms with Crippen molar-refractivity contribution in [1.29, 1.82) is 0 Å². The lowest BCUT2D eigenvalue weighted by Crippen LogP contribution is -2.14. The molecule has 27 heavy (non-hydrogen) atoms. The number of ether oxygens (including phenoxy) is 1. The highest BCUT2D eigenvalue weighted by Crippen LogP contribution is 2.36. The number of halogens is 1. The second kappa shape index (κ2) is 6.82. The molecule has 0 fully saturated rings. The van der Waals surface area contributed by atoms with Crippen LogP contribution in [0, 0.1) is 0 Å². The summed E-state index contributed by atoms with van der Waals surface area (Å²) in [6.45, 7) is -0.368. The number of ketones is 2. The minimum atomic E-state index is -0.614. The molecule has 1 aliphatic rings. The number of hydrogen-bond acceptors (Lipinski definition) is 4. The fourth-order valence-electron chi connectivity index (χ4n) is 3.09. The lowest BCUT2D eigenvalue weighted by atomic mass is 10.0. The first-order valence-corrected chi connectivity index (χ1v) is 8.66. The molecule has 0 atom stereocenters. The van der Waals surface area contributed by atoms with Gasteiger partial charge in [-0.1, -0.05) is 35.9 Å². The molecule has 0 saturated heterocycles. The summed E-state index contributed by atoms with van der Waals surface area (Å²) in [6, 6.07) is 18.4. The molecule has 0 radical (unpaired) electrons. The van der Waals surface area contributed by atoms with Crippen LogP contribution in [0.15, 0.2) is 66.7 Å². The molecule has 0 amide bonds. The van der Waals surface area contributed by atoms with Crippen LogP contribution in [0.1, 0.15) is 36.6 Å². The van der Waals surface area contributed by atoms with Crippen LogP contribution in [0.4, 0.5) is 0 Å². The van der Waals surface area contributed by atoms with Gasteiger partial charge >= 0.3 is 5.97 Å². The van der Waals surface area contributed by atoms with Crippen molar-refractivity contribution in [3.8, 4) is 11.1 Å². The highest BCUT2D eigenvalue weighted by Gasteiger charge is 2.27. The number of fused-ring (bicyclic) bond motifs is 3. The maximum Gasteiger partial charge on any atom is 0.338 e. The van der Waals surface area contributed by atoms with E-state index in [9.17, 15) is 14.4 Å². The third-order valence-electron chi connectivity index (χ3n) is 4.46. The Hall–Kier alpha value is -3.24. The van der Waals surface area contributed by atoms with Crippen molar-refractivity contribution in [2.75, 3.05) is 6.61 Å². The lowest BCUT2D eigenvalue weighted by Gasteiger charge is -2.06. The van der Waals surface area contributed by atoms with E-state index >= 15 is 0 Å². The molecule has 4 rings (SSSR count). The number of hydrogen-bond donors (Lipinski definition) is 0. The summed E-state index contributed by atoms with van der Waals surface area (Å²) in [5.74, 6) is -0.989. The molecule has 0 bridgehead atoms. The van der Waals surface area contributed by atoms with E-state index in [-0.39, 0.29) is 18.2 Å². The summed E-state index contributed by atoms with van der Waals surface area (Å²) >= 11 is 5.80. The van der Waals surface area contributed by atoms with Gasteiger partial charge in [-0.2, -0.15) is 0 Å². The smallest absolute Gasteiger partial charge is 0.338 e. The van der Waals surface area contributed by atoms with Crippen LogP contribution in [-0.4, -0.2) is 24.1 Å². The van der Waals surface area contributed by atoms with E-state index in [1.54, 1.807) is 48.5 Å². The summed E-state index contributed by atoms with van der Waals surface area (Å²) in [7, 11) is 0. The number of rotatable bonds is 4. The SMILES string of the molecule is O=C(COC(=O)c1ccc2c(c1)-c1ccccc1C2=O)c1ccc(Cl)cc1. The summed E-state index contributed by atoms with van der Waals surface area (Å²) in [6.07, 6.45) is 0. The molecule has 0 aromatic heterocycles. The zero-order valence-electron chi connectivity index (χ0n) is 14.1. The fraction of sp³-hybridized carbons (Fsp3) is 0.0455. The first-order chi connectivity index (χ1) is 13.0. The van der Waals surface area contributed by atoms with Gasteiger partial charge in [-0.3, -0.25) is 9.59 Å². The highest BCUT2D eigenvalue weighted by atomic mass is 35.5. The lowest BCUT2D eigenvalue weighted by molar-refractivity contribution is 0.0474. The second-order valence-corrected chi connectivity index (χ2v) is 6.58. The van der Waals surface area contributed by atoms with Gasteiger partial charge in [0.05, 0.1) is 5.56 Å². The molecule has 1 aliphatic carbocycles. The van der Waals surface area contributed by atoms with E-state index in [1.807, 2.05) is 12.1 Å². The quantitative estimate of drug-likeness (QED) is 0.386. The van der Waals surface area contributed by atoms with Crippen molar-refractivity contribution >= 4 is 29.1 Å². The van der Waals surface area contributed by atoms with Gasteiger partial charge in [-0.25, -0.2) is 4.79 Å². The van der Waals surface area contributed by atoms with E-state index in [1.165, 1.54) is 6.07 Å². The fourth-order valence-corrected chi connectivity index (χ4v) is 3.21. The molecule has 0 spiro atoms. The Morgan fingerprint density at radius 1 is 0.778 bits per heavy atom. The van der Waals surface area contributed by atoms with Gasteiger partial charge in [0, 0.05) is 21.7 Å². The Morgan fingerprint density at radius 3 is 2.15 bits per heavy atom. The Kier molecular flexibility index (Phi) is 4.34. The first kappa shape index (κ1) is 17.2. The molecule has 0 aliphatic heterocycles. The summed E-state index contributed by atoms with van der Waals surface area (Å²) in [5, 5.41) is 0.525. The van der Waals surface area contributed by atoms with Crippen LogP contribution in [-0.2, 0) is 4.74 Å². The molecule has 0 unspecified atom stereocenters. The van der Waals surface area contributed by atoms with Gasteiger partial charge in [0.25, 0.3) is 0 Å². The first-order valence-electron chi connectivity index (χ1n) is 8.28. The van der Waals surface area contributed by atoms with Crippen LogP contribution in [0.3, 0.4) is 0 Å². The molecule has 132 valence electrons. The largest absolute Gasteiger partial charge is 0.454 e. The number of carbonyl (C=O) groups is 3. The van der Waals surface area contributed by atoms with Crippen LogP contribution in [0.2, 0.25) is 5.02 Å². The Balaban J connectivity index is 1.52. The van der Waals surface area contributed by atoms with Crippen molar-refractivity contribution in [3.63, 3.8) is 0 Å². The summed E-state index contributed by atoms with van der Waals surface area (Å²) < 4.78 is 5.14. The number of benzene rings is 3. The predicted molar refractivity (Wildman–Crippen MR) is 101 cm³/mol. The molecule has 3 aromatic carbocycles. The number of carbonyl (C=O) groups excluding carboxylic acids is 3. The molecule has 5 heteroatoms. The molecule has 0 N–H and O–H groups in total. The minimum Gasteiger partial charge on any atom is -0.454 e. The summed E-state index contributed by atoms with van der Waals surface area (Å²) in [4.78, 5) is 36.9. The van der Waals surface area contributed by atoms with Crippen LogP contribution in [0.25, 0.3) is 11.1 Å². The maximum atomic E-state index is 12.4. The monoisotopic (exact) mass is 376 g/mol. The Morgan fingerprint density at radius 2 is 1.41 bits per heavy atom. The molecule has 4 nitrogen and oxygen atoms in total. The summed E-state index contributed by atoms with van der Waals surface area (Å²) in [5.41, 5.74) is 3.39. The second-order valence-electron chi connectivity index (χ2n) is 6.14. The Labute approximate surface area is 160 Å². The van der Waals surface area contributed by atoms with E-state index in [0.29, 0.717) is 32.8 Å². The predicted octanol–water partition coefficient (Wildman–Crippen LogP) is 4.59. The standard InChI is InChI=1S/C22H13ClO4/c23-15-8-5-13(6-9-15)20(24)12-27-22(26)14-7-10-18-19(11-14)16-3-1-2-4-17(16)21(18)25/h1-11H,12H2. The average molecular weight is 377 g/mol. The van der Waals surface area contributed by atoms with Gasteiger partial charge in [-0.05, 0) is 53.6 Å². The Bertz CT molecular complexity index is 1080. The molecule has 0 heterocycles. The van der Waals surface area contributed by atoms with Crippen molar-refractivity contribution in [2.45, 2.75) is 0 Å². The average Bonchev–Trinajstić information content (AvgIpc) is 2.98. The van der Waals surface area contributed by atoms with Gasteiger partial charge < -0.3 is 4.74 Å². The van der Waals surface area contributed by atoms with Crippen LogP contribution in [0.5, 0.6) is 0 Å². The zero-order valence-corrected chi connectivity index (χ0v) is 14.8. The van der Waals surface area contributed by atoms with Gasteiger partial charge in [0.15, 0.2) is 18.2 Å². The van der Waals surface area contributed by atoms with E-state index in [2.05, 4.69) is 0 Å². The molecular formula is C22H13ClO4. The third-order valence-corrected chi connectivity index (χ3v) is 4.71. The van der Waals surface area contributed by atoms with Crippen LogP contribution >= 0.6 is 11.6 Å². The normalized spacial score (nSPS) is 11.7. The highest BCUT2D eigenvalue weighted by molar-refractivity contribution is 6.30. The van der Waals surface area contributed by atoms with E-state index in [0.717, 1.165) is 5.56 Å². The zero-order chi connectivity index (χ0) is 19.0. The molecule has 3 aromatic rings. The van der Waals surface area contributed by atoms with Crippen molar-refractivity contribution in [2.24, 2.45) is 0 Å². The van der Waals surface area contributed by atoms with Gasteiger partial charge in [-0.15, -0.1) is 0 Å². The minimum absolute atomic E-state index is 0.0570. The van der Waals surface area contributed by atoms with Crippen LogP contribution < -0.4 is 0 Å². The van der Waals surface area contributed by atoms with Gasteiger partial charge in [0.1, 0.15) is 0 Å². The van der Waals surface area contributed by atoms with Crippen molar-refractivity contribution in [1.82, 2.24) is 0 Å². The maximum absolute atomic E-state index is 12.4. The molecular weight excluding hydrogens is 364 g/mol.